The van der Waals surface area contributed by atoms with E-state index in [0.717, 1.165) is 11.1 Å². The zero-order valence-electron chi connectivity index (χ0n) is 9.19. The van der Waals surface area contributed by atoms with Gasteiger partial charge in [0.2, 0.25) is 0 Å². The maximum atomic E-state index is 8.55. The van der Waals surface area contributed by atoms with E-state index in [9.17, 15) is 0 Å². The van der Waals surface area contributed by atoms with Crippen LogP contribution in [0.25, 0.3) is 0 Å². The second kappa shape index (κ2) is 7.89. The summed E-state index contributed by atoms with van der Waals surface area (Å²) in [4.78, 5) is 0. The highest BCUT2D eigenvalue weighted by Gasteiger charge is 1.95. The van der Waals surface area contributed by atoms with E-state index in [4.69, 9.17) is 21.0 Å². The Bertz CT molecular complexity index is 324. The van der Waals surface area contributed by atoms with Gasteiger partial charge in [-0.15, -0.1) is 6.42 Å². The molecule has 86 valence electrons. The van der Waals surface area contributed by atoms with E-state index >= 15 is 0 Å². The van der Waals surface area contributed by atoms with Crippen molar-refractivity contribution in [3.63, 3.8) is 0 Å². The molecule has 0 aromatic heterocycles. The van der Waals surface area contributed by atoms with Crippen LogP contribution in [-0.2, 0) is 22.7 Å². The van der Waals surface area contributed by atoms with Crippen molar-refractivity contribution < 1.29 is 14.6 Å². The number of aliphatic hydroxyl groups excluding tert-OH is 1. The highest BCUT2D eigenvalue weighted by atomic mass is 16.5. The van der Waals surface area contributed by atoms with Gasteiger partial charge in [0.05, 0.1) is 26.4 Å². The third-order valence-electron chi connectivity index (χ3n) is 1.98. The van der Waals surface area contributed by atoms with Gasteiger partial charge in [0, 0.05) is 0 Å². The summed E-state index contributed by atoms with van der Waals surface area (Å²) in [7, 11) is 0. The number of aliphatic hydroxyl groups is 1. The van der Waals surface area contributed by atoms with Gasteiger partial charge in [-0.3, -0.25) is 0 Å². The standard InChI is InChI=1S/C13H16O3/c1-2-8-15-10-12-3-5-13(6-4-12)11-16-9-7-14/h1,3-6,14H,7-11H2. The molecule has 0 radical (unpaired) electrons. The Morgan fingerprint density at radius 2 is 1.62 bits per heavy atom. The van der Waals surface area contributed by atoms with E-state index in [1.54, 1.807) is 0 Å². The van der Waals surface area contributed by atoms with Gasteiger partial charge in [-0.25, -0.2) is 0 Å². The van der Waals surface area contributed by atoms with Gasteiger partial charge in [0.15, 0.2) is 0 Å². The second-order valence-corrected chi connectivity index (χ2v) is 3.29. The van der Waals surface area contributed by atoms with Crippen LogP contribution in [0.15, 0.2) is 24.3 Å². The third kappa shape index (κ3) is 4.94. The Balaban J connectivity index is 2.33. The van der Waals surface area contributed by atoms with Crippen LogP contribution in [0.2, 0.25) is 0 Å². The molecule has 0 unspecified atom stereocenters. The van der Waals surface area contributed by atoms with Crippen LogP contribution in [-0.4, -0.2) is 24.9 Å². The van der Waals surface area contributed by atoms with E-state index in [1.165, 1.54) is 0 Å². The zero-order chi connectivity index (χ0) is 11.6. The molecule has 0 saturated carbocycles. The number of rotatable bonds is 7. The van der Waals surface area contributed by atoms with Crippen LogP contribution in [0.5, 0.6) is 0 Å². The molecule has 0 atom stereocenters. The number of hydrogen-bond donors (Lipinski definition) is 1. The highest BCUT2D eigenvalue weighted by Crippen LogP contribution is 2.06. The Kier molecular flexibility index (Phi) is 6.28. The predicted molar refractivity (Wildman–Crippen MR) is 61.7 cm³/mol. The first-order chi connectivity index (χ1) is 7.86. The SMILES string of the molecule is C#CCOCc1ccc(COCCO)cc1. The molecule has 0 heterocycles. The smallest absolute Gasteiger partial charge is 0.107 e. The molecule has 3 nitrogen and oxygen atoms in total. The Morgan fingerprint density at radius 1 is 1.06 bits per heavy atom. The van der Waals surface area contributed by atoms with Crippen LogP contribution in [0.1, 0.15) is 11.1 Å². The Hall–Kier alpha value is -1.34. The molecule has 0 aliphatic heterocycles. The Labute approximate surface area is 96.0 Å². The third-order valence-corrected chi connectivity index (χ3v) is 1.98. The molecule has 16 heavy (non-hydrogen) atoms. The summed E-state index contributed by atoms with van der Waals surface area (Å²) >= 11 is 0. The van der Waals surface area contributed by atoms with Crippen LogP contribution in [0.4, 0.5) is 0 Å². The minimum absolute atomic E-state index is 0.0536. The summed E-state index contributed by atoms with van der Waals surface area (Å²) in [5.74, 6) is 2.42. The number of ether oxygens (including phenoxy) is 2. The lowest BCUT2D eigenvalue weighted by Gasteiger charge is -2.04. The van der Waals surface area contributed by atoms with Crippen molar-refractivity contribution in [2.75, 3.05) is 19.8 Å². The first kappa shape index (κ1) is 12.7. The molecule has 0 saturated heterocycles. The molecule has 1 aromatic carbocycles. The second-order valence-electron chi connectivity index (χ2n) is 3.29. The first-order valence-electron chi connectivity index (χ1n) is 5.14. The van der Waals surface area contributed by atoms with Gasteiger partial charge in [0.1, 0.15) is 6.61 Å². The molecular formula is C13H16O3. The zero-order valence-corrected chi connectivity index (χ0v) is 9.19. The highest BCUT2D eigenvalue weighted by molar-refractivity contribution is 5.21. The fourth-order valence-corrected chi connectivity index (χ4v) is 1.21. The quantitative estimate of drug-likeness (QED) is 0.557. The molecule has 1 N–H and O–H groups in total. The van der Waals surface area contributed by atoms with Crippen molar-refractivity contribution in [1.29, 1.82) is 0 Å². The summed E-state index contributed by atoms with van der Waals surface area (Å²) in [6, 6.07) is 7.92. The van der Waals surface area contributed by atoms with E-state index < -0.39 is 0 Å². The van der Waals surface area contributed by atoms with Gasteiger partial charge in [-0.05, 0) is 11.1 Å². The van der Waals surface area contributed by atoms with E-state index in [2.05, 4.69) is 5.92 Å². The summed E-state index contributed by atoms with van der Waals surface area (Å²) in [5.41, 5.74) is 2.16. The molecule has 3 heteroatoms. The summed E-state index contributed by atoms with van der Waals surface area (Å²) in [6.45, 7) is 1.81. The number of hydrogen-bond acceptors (Lipinski definition) is 3. The maximum Gasteiger partial charge on any atom is 0.107 e. The average molecular weight is 220 g/mol. The summed E-state index contributed by atoms with van der Waals surface area (Å²) in [6.07, 6.45) is 5.07. The normalized spacial score (nSPS) is 10.0. The van der Waals surface area contributed by atoms with Crippen molar-refractivity contribution in [3.05, 3.63) is 35.4 Å². The summed E-state index contributed by atoms with van der Waals surface area (Å²) < 4.78 is 10.4. The minimum atomic E-state index is 0.0536. The molecule has 0 aliphatic carbocycles. The molecule has 0 amide bonds. The minimum Gasteiger partial charge on any atom is -0.394 e. The molecule has 1 aromatic rings. The molecular weight excluding hydrogens is 204 g/mol. The number of terminal acetylenes is 1. The fourth-order valence-electron chi connectivity index (χ4n) is 1.21. The van der Waals surface area contributed by atoms with Crippen molar-refractivity contribution in [1.82, 2.24) is 0 Å². The van der Waals surface area contributed by atoms with Crippen LogP contribution < -0.4 is 0 Å². The van der Waals surface area contributed by atoms with Crippen molar-refractivity contribution >= 4 is 0 Å². The monoisotopic (exact) mass is 220 g/mol. The molecule has 0 bridgehead atoms. The molecule has 0 fully saturated rings. The van der Waals surface area contributed by atoms with E-state index in [-0.39, 0.29) is 6.61 Å². The number of benzene rings is 1. The van der Waals surface area contributed by atoms with Gasteiger partial charge >= 0.3 is 0 Å². The largest absolute Gasteiger partial charge is 0.394 e. The lowest BCUT2D eigenvalue weighted by Crippen LogP contribution is -1.99. The molecule has 0 spiro atoms. The van der Waals surface area contributed by atoms with Gasteiger partial charge in [-0.1, -0.05) is 30.2 Å². The van der Waals surface area contributed by atoms with E-state index in [0.29, 0.717) is 26.4 Å². The summed E-state index contributed by atoms with van der Waals surface area (Å²) in [5, 5.41) is 8.55. The topological polar surface area (TPSA) is 38.7 Å². The maximum absolute atomic E-state index is 8.55. The van der Waals surface area contributed by atoms with Crippen molar-refractivity contribution in [3.8, 4) is 12.3 Å². The molecule has 0 aliphatic rings. The van der Waals surface area contributed by atoms with Gasteiger partial charge in [-0.2, -0.15) is 0 Å². The average Bonchev–Trinajstić information content (AvgIpc) is 2.32. The van der Waals surface area contributed by atoms with Gasteiger partial charge in [0.25, 0.3) is 0 Å². The molecule has 1 rings (SSSR count). The van der Waals surface area contributed by atoms with Crippen LogP contribution in [0.3, 0.4) is 0 Å². The fraction of sp³-hybridized carbons (Fsp3) is 0.385. The first-order valence-corrected chi connectivity index (χ1v) is 5.14. The Morgan fingerprint density at radius 3 is 2.12 bits per heavy atom. The van der Waals surface area contributed by atoms with Crippen LogP contribution in [0, 0.1) is 12.3 Å². The van der Waals surface area contributed by atoms with Gasteiger partial charge < -0.3 is 14.6 Å². The lowest BCUT2D eigenvalue weighted by molar-refractivity contribution is 0.0815. The van der Waals surface area contributed by atoms with Crippen molar-refractivity contribution in [2.45, 2.75) is 13.2 Å². The van der Waals surface area contributed by atoms with Crippen LogP contribution >= 0.6 is 0 Å². The lowest BCUT2D eigenvalue weighted by atomic mass is 10.1. The van der Waals surface area contributed by atoms with E-state index in [1.807, 2.05) is 24.3 Å². The predicted octanol–water partition coefficient (Wildman–Crippen LogP) is 1.35. The van der Waals surface area contributed by atoms with Crippen molar-refractivity contribution in [2.24, 2.45) is 0 Å².